The molecule has 0 aromatic carbocycles. The zero-order valence-electron chi connectivity index (χ0n) is 8.12. The summed E-state index contributed by atoms with van der Waals surface area (Å²) in [4.78, 5) is 29.5. The van der Waals surface area contributed by atoms with Crippen molar-refractivity contribution in [2.45, 2.75) is 20.8 Å². The number of carbonyl (C=O) groups excluding carboxylic acids is 3. The lowest BCUT2D eigenvalue weighted by Crippen LogP contribution is -2.01. The first kappa shape index (κ1) is 14.1. The normalized spacial score (nSPS) is 7.62. The van der Waals surface area contributed by atoms with Crippen molar-refractivity contribution in [3.05, 3.63) is 12.7 Å². The Morgan fingerprint density at radius 3 is 1.62 bits per heavy atom. The highest BCUT2D eigenvalue weighted by molar-refractivity contribution is 6.35. The third-order valence-electron chi connectivity index (χ3n) is 0.900. The minimum Gasteiger partial charge on any atom is -0.462 e. The summed E-state index contributed by atoms with van der Waals surface area (Å²) < 4.78 is 4.43. The molecule has 0 radical (unpaired) electrons. The second kappa shape index (κ2) is 8.64. The number of hydrogen-bond acceptors (Lipinski definition) is 4. The van der Waals surface area contributed by atoms with E-state index in [1.165, 1.54) is 26.8 Å². The van der Waals surface area contributed by atoms with E-state index < -0.39 is 0 Å². The topological polar surface area (TPSA) is 60.4 Å². The van der Waals surface area contributed by atoms with Gasteiger partial charge in [0, 0.05) is 20.8 Å². The quantitative estimate of drug-likeness (QED) is 0.373. The Bertz CT molecular complexity index is 194. The van der Waals surface area contributed by atoms with E-state index >= 15 is 0 Å². The third kappa shape index (κ3) is 18.0. The average molecular weight is 186 g/mol. The van der Waals surface area contributed by atoms with Crippen LogP contribution in [0.5, 0.6) is 0 Å². The maximum atomic E-state index is 9.93. The molecule has 0 spiro atoms. The van der Waals surface area contributed by atoms with Gasteiger partial charge in [-0.15, -0.1) is 0 Å². The molecular weight excluding hydrogens is 172 g/mol. The number of ketones is 2. The van der Waals surface area contributed by atoms with Crippen molar-refractivity contribution < 1.29 is 19.1 Å². The molecule has 0 heterocycles. The molecule has 0 N–H and O–H groups in total. The van der Waals surface area contributed by atoms with Crippen LogP contribution in [-0.4, -0.2) is 24.1 Å². The summed E-state index contributed by atoms with van der Waals surface area (Å²) in [5.41, 5.74) is 0. The van der Waals surface area contributed by atoms with Gasteiger partial charge in [-0.3, -0.25) is 14.4 Å². The van der Waals surface area contributed by atoms with Gasteiger partial charge >= 0.3 is 5.97 Å². The molecule has 0 aromatic rings. The van der Waals surface area contributed by atoms with E-state index in [4.69, 9.17) is 0 Å². The van der Waals surface area contributed by atoms with Crippen LogP contribution in [0.1, 0.15) is 20.8 Å². The van der Waals surface area contributed by atoms with E-state index in [-0.39, 0.29) is 17.5 Å². The average Bonchev–Trinajstić information content (AvgIpc) is 2.01. The lowest BCUT2D eigenvalue weighted by Gasteiger charge is -1.90. The summed E-state index contributed by atoms with van der Waals surface area (Å²) in [6.45, 7) is 7.54. The molecule has 13 heavy (non-hydrogen) atoms. The second-order valence-electron chi connectivity index (χ2n) is 2.20. The van der Waals surface area contributed by atoms with Crippen LogP contribution in [0.3, 0.4) is 0 Å². The van der Waals surface area contributed by atoms with Crippen LogP contribution in [0, 0.1) is 0 Å². The molecule has 0 saturated heterocycles. The first-order valence-electron chi connectivity index (χ1n) is 3.67. The number of hydrogen-bond donors (Lipinski definition) is 0. The standard InChI is InChI=1S/C5H8O2.C4H6O2/c1-3-4-7-5(2)6;1-3(5)4(2)6/h3H,1,4H2,2H3;1-2H3. The molecule has 0 amide bonds. The van der Waals surface area contributed by atoms with Crippen molar-refractivity contribution in [2.24, 2.45) is 0 Å². The van der Waals surface area contributed by atoms with Crippen molar-refractivity contribution >= 4 is 17.5 Å². The smallest absolute Gasteiger partial charge is 0.302 e. The number of ether oxygens (including phenoxy) is 1. The molecule has 0 aromatic heterocycles. The highest BCUT2D eigenvalue weighted by Crippen LogP contribution is 1.73. The molecule has 0 aliphatic heterocycles. The van der Waals surface area contributed by atoms with Crippen molar-refractivity contribution in [1.29, 1.82) is 0 Å². The summed E-state index contributed by atoms with van der Waals surface area (Å²) in [5, 5.41) is 0. The Hall–Kier alpha value is -1.45. The zero-order chi connectivity index (χ0) is 10.9. The molecule has 74 valence electrons. The number of rotatable bonds is 3. The molecule has 0 bridgehead atoms. The largest absolute Gasteiger partial charge is 0.462 e. The summed E-state index contributed by atoms with van der Waals surface area (Å²) >= 11 is 0. The van der Waals surface area contributed by atoms with E-state index in [9.17, 15) is 14.4 Å². The van der Waals surface area contributed by atoms with Gasteiger partial charge in [-0.1, -0.05) is 12.7 Å². The Labute approximate surface area is 77.6 Å². The van der Waals surface area contributed by atoms with Crippen molar-refractivity contribution in [1.82, 2.24) is 0 Å². The molecule has 0 aliphatic carbocycles. The molecule has 0 saturated carbocycles. The summed E-state index contributed by atoms with van der Waals surface area (Å²) in [6, 6.07) is 0. The van der Waals surface area contributed by atoms with E-state index in [0.29, 0.717) is 6.61 Å². The van der Waals surface area contributed by atoms with Crippen LogP contribution in [0.25, 0.3) is 0 Å². The fourth-order valence-corrected chi connectivity index (χ4v) is 0.176. The van der Waals surface area contributed by atoms with Gasteiger partial charge in [-0.25, -0.2) is 0 Å². The molecule has 0 fully saturated rings. The van der Waals surface area contributed by atoms with Crippen LogP contribution in [0.15, 0.2) is 12.7 Å². The van der Waals surface area contributed by atoms with Crippen molar-refractivity contribution in [3.63, 3.8) is 0 Å². The Morgan fingerprint density at radius 2 is 1.54 bits per heavy atom. The first-order valence-corrected chi connectivity index (χ1v) is 3.67. The SMILES string of the molecule is C=CCOC(C)=O.CC(=O)C(C)=O. The Balaban J connectivity index is 0. The van der Waals surface area contributed by atoms with E-state index in [1.54, 1.807) is 0 Å². The van der Waals surface area contributed by atoms with Gasteiger partial charge in [-0.05, 0) is 0 Å². The summed E-state index contributed by atoms with van der Waals surface area (Å²) in [6.07, 6.45) is 1.53. The van der Waals surface area contributed by atoms with Crippen LogP contribution in [0.2, 0.25) is 0 Å². The Kier molecular flexibility index (Phi) is 9.37. The van der Waals surface area contributed by atoms with Crippen molar-refractivity contribution in [3.8, 4) is 0 Å². The first-order chi connectivity index (χ1) is 5.91. The fourth-order valence-electron chi connectivity index (χ4n) is 0.176. The van der Waals surface area contributed by atoms with E-state index in [0.717, 1.165) is 0 Å². The van der Waals surface area contributed by atoms with Gasteiger partial charge < -0.3 is 4.74 Å². The fraction of sp³-hybridized carbons (Fsp3) is 0.444. The number of carbonyl (C=O) groups is 3. The van der Waals surface area contributed by atoms with Crippen LogP contribution in [0.4, 0.5) is 0 Å². The third-order valence-corrected chi connectivity index (χ3v) is 0.900. The van der Waals surface area contributed by atoms with Gasteiger partial charge in [0.1, 0.15) is 6.61 Å². The van der Waals surface area contributed by atoms with Gasteiger partial charge in [0.05, 0.1) is 0 Å². The van der Waals surface area contributed by atoms with Gasteiger partial charge in [0.15, 0.2) is 11.6 Å². The van der Waals surface area contributed by atoms with E-state index in [2.05, 4.69) is 11.3 Å². The predicted molar refractivity (Wildman–Crippen MR) is 48.2 cm³/mol. The molecule has 0 aliphatic rings. The molecule has 0 atom stereocenters. The Morgan fingerprint density at radius 1 is 1.15 bits per heavy atom. The van der Waals surface area contributed by atoms with Crippen molar-refractivity contribution in [2.75, 3.05) is 6.61 Å². The molecule has 4 nitrogen and oxygen atoms in total. The summed E-state index contributed by atoms with van der Waals surface area (Å²) in [7, 11) is 0. The molecule has 4 heteroatoms. The minimum absolute atomic E-state index is 0.264. The van der Waals surface area contributed by atoms with E-state index in [1.807, 2.05) is 0 Å². The maximum absolute atomic E-state index is 9.93. The highest BCUT2D eigenvalue weighted by atomic mass is 16.5. The second-order valence-corrected chi connectivity index (χ2v) is 2.20. The lowest BCUT2D eigenvalue weighted by molar-refractivity contribution is -0.139. The maximum Gasteiger partial charge on any atom is 0.302 e. The molecule has 0 rings (SSSR count). The van der Waals surface area contributed by atoms with Gasteiger partial charge in [-0.2, -0.15) is 0 Å². The summed E-state index contributed by atoms with van der Waals surface area (Å²) in [5.74, 6) is -1.02. The van der Waals surface area contributed by atoms with Gasteiger partial charge in [0.25, 0.3) is 0 Å². The number of esters is 1. The number of Topliss-reactive ketones (excluding diaryl/α,β-unsaturated/α-hetero) is 2. The zero-order valence-corrected chi connectivity index (χ0v) is 8.12. The highest BCUT2D eigenvalue weighted by Gasteiger charge is 1.94. The molecular formula is C9H14O4. The van der Waals surface area contributed by atoms with Crippen LogP contribution < -0.4 is 0 Å². The van der Waals surface area contributed by atoms with Crippen LogP contribution in [-0.2, 0) is 19.1 Å². The van der Waals surface area contributed by atoms with Crippen LogP contribution >= 0.6 is 0 Å². The molecule has 0 unspecified atom stereocenters. The predicted octanol–water partition coefficient (Wildman–Crippen LogP) is 0.900. The minimum atomic E-state index is -0.380. The monoisotopic (exact) mass is 186 g/mol. The lowest BCUT2D eigenvalue weighted by atomic mass is 10.3. The van der Waals surface area contributed by atoms with Gasteiger partial charge in [0.2, 0.25) is 0 Å².